The molecule has 34 heavy (non-hydrogen) atoms. The smallest absolute Gasteiger partial charge is 0.267 e. The van der Waals surface area contributed by atoms with Gasteiger partial charge in [0.25, 0.3) is 5.91 Å². The Hall–Kier alpha value is -2.47. The fraction of sp³-hybridized carbons (Fsp3) is 0.259. The number of carbonyl (C=O) groups is 1. The van der Waals surface area contributed by atoms with Crippen molar-refractivity contribution in [2.24, 2.45) is 10.9 Å². The number of aliphatic imine (C=N–C) groups is 1. The molecule has 4 nitrogen and oxygen atoms in total. The average Bonchev–Trinajstić information content (AvgIpc) is 3.42. The molecule has 3 aromatic rings. The summed E-state index contributed by atoms with van der Waals surface area (Å²) in [4.78, 5) is 21.0. The number of benzene rings is 2. The SMILES string of the molecule is C[C@@H]1CCCC[C@@H]1N1C(=O)/C(=C/c2ccc(-c3ccc(Cl)c(Cl)c3)o2)SC1=Nc1ccccc1. The summed E-state index contributed by atoms with van der Waals surface area (Å²) in [5.41, 5.74) is 1.67. The lowest BCUT2D eigenvalue weighted by Crippen LogP contribution is -2.44. The molecule has 2 atom stereocenters. The maximum atomic E-state index is 13.6. The third kappa shape index (κ3) is 4.83. The standard InChI is InChI=1S/C27H24Cl2N2O2S/c1-17-7-5-6-10-23(17)31-26(32)25(34-27(31)30-19-8-3-2-4-9-19)16-20-12-14-24(33-20)18-11-13-21(28)22(29)15-18/h2-4,8-9,11-17,23H,5-7,10H2,1H3/b25-16-,30-27?/t17-,23+/m1/s1. The van der Waals surface area contributed by atoms with Crippen molar-refractivity contribution in [1.29, 1.82) is 0 Å². The number of amidine groups is 1. The Balaban J connectivity index is 1.47. The van der Waals surface area contributed by atoms with E-state index >= 15 is 0 Å². The van der Waals surface area contributed by atoms with Crippen LogP contribution in [0.4, 0.5) is 5.69 Å². The van der Waals surface area contributed by atoms with E-state index in [-0.39, 0.29) is 11.9 Å². The highest BCUT2D eigenvalue weighted by atomic mass is 35.5. The van der Waals surface area contributed by atoms with Crippen LogP contribution in [0.1, 0.15) is 38.4 Å². The Morgan fingerprint density at radius 2 is 1.82 bits per heavy atom. The molecule has 7 heteroatoms. The van der Waals surface area contributed by atoms with Gasteiger partial charge in [0.05, 0.1) is 20.6 Å². The van der Waals surface area contributed by atoms with Gasteiger partial charge < -0.3 is 4.42 Å². The van der Waals surface area contributed by atoms with Crippen molar-refractivity contribution in [1.82, 2.24) is 4.90 Å². The lowest BCUT2D eigenvalue weighted by atomic mass is 9.85. The summed E-state index contributed by atoms with van der Waals surface area (Å²) in [7, 11) is 0. The van der Waals surface area contributed by atoms with E-state index in [1.165, 1.54) is 18.2 Å². The molecule has 174 valence electrons. The van der Waals surface area contributed by atoms with Crippen LogP contribution in [0, 0.1) is 5.92 Å². The molecule has 2 aromatic carbocycles. The molecule has 1 aliphatic heterocycles. The van der Waals surface area contributed by atoms with Gasteiger partial charge in [0.2, 0.25) is 0 Å². The van der Waals surface area contributed by atoms with Crippen LogP contribution in [0.3, 0.4) is 0 Å². The molecule has 1 amide bonds. The first kappa shape index (κ1) is 23.3. The van der Waals surface area contributed by atoms with Gasteiger partial charge in [0.15, 0.2) is 5.17 Å². The van der Waals surface area contributed by atoms with Crippen molar-refractivity contribution in [2.75, 3.05) is 0 Å². The minimum absolute atomic E-state index is 0.00841. The molecule has 2 fully saturated rings. The molecule has 1 saturated heterocycles. The number of thioether (sulfide) groups is 1. The third-order valence-corrected chi connectivity index (χ3v) is 8.04. The number of hydrogen-bond acceptors (Lipinski definition) is 4. The number of carbonyl (C=O) groups excluding carboxylic acids is 1. The van der Waals surface area contributed by atoms with Crippen LogP contribution in [0.25, 0.3) is 17.4 Å². The Bertz CT molecular complexity index is 1270. The summed E-state index contributed by atoms with van der Waals surface area (Å²) in [6.45, 7) is 2.24. The Morgan fingerprint density at radius 3 is 2.59 bits per heavy atom. The Labute approximate surface area is 213 Å². The average molecular weight is 511 g/mol. The molecule has 1 aliphatic carbocycles. The third-order valence-electron chi connectivity index (χ3n) is 6.32. The van der Waals surface area contributed by atoms with Gasteiger partial charge in [-0.1, -0.05) is 61.2 Å². The van der Waals surface area contributed by atoms with Gasteiger partial charge >= 0.3 is 0 Å². The molecule has 2 heterocycles. The van der Waals surface area contributed by atoms with Crippen LogP contribution in [0.2, 0.25) is 10.0 Å². The second-order valence-electron chi connectivity index (χ2n) is 8.68. The van der Waals surface area contributed by atoms with E-state index in [9.17, 15) is 4.79 Å². The zero-order valence-electron chi connectivity index (χ0n) is 18.7. The summed E-state index contributed by atoms with van der Waals surface area (Å²) in [6.07, 6.45) is 6.28. The van der Waals surface area contributed by atoms with Gasteiger partial charge in [0.1, 0.15) is 11.5 Å². The minimum atomic E-state index is -0.00841. The minimum Gasteiger partial charge on any atom is -0.457 e. The van der Waals surface area contributed by atoms with E-state index < -0.39 is 0 Å². The number of rotatable bonds is 4. The number of halogens is 2. The second-order valence-corrected chi connectivity index (χ2v) is 10.5. The van der Waals surface area contributed by atoms with Gasteiger partial charge in [-0.3, -0.25) is 9.69 Å². The fourth-order valence-electron chi connectivity index (χ4n) is 4.51. The van der Waals surface area contributed by atoms with E-state index in [0.717, 1.165) is 35.7 Å². The van der Waals surface area contributed by atoms with Crippen molar-refractivity contribution < 1.29 is 9.21 Å². The quantitative estimate of drug-likeness (QED) is 0.330. The van der Waals surface area contributed by atoms with E-state index in [2.05, 4.69) is 6.92 Å². The molecule has 0 spiro atoms. The number of para-hydroxylation sites is 1. The largest absolute Gasteiger partial charge is 0.457 e. The normalized spacial score (nSPS) is 23.3. The second kappa shape index (κ2) is 10.0. The first-order valence-corrected chi connectivity index (χ1v) is 13.0. The van der Waals surface area contributed by atoms with Crippen molar-refractivity contribution in [2.45, 2.75) is 38.6 Å². The van der Waals surface area contributed by atoms with E-state index in [4.69, 9.17) is 32.6 Å². The molecule has 1 aromatic heterocycles. The number of furan rings is 1. The number of nitrogens with zero attached hydrogens (tertiary/aromatic N) is 2. The lowest BCUT2D eigenvalue weighted by Gasteiger charge is -2.35. The van der Waals surface area contributed by atoms with E-state index in [0.29, 0.717) is 32.4 Å². The van der Waals surface area contributed by atoms with Gasteiger partial charge in [-0.15, -0.1) is 0 Å². The first-order chi connectivity index (χ1) is 16.5. The zero-order chi connectivity index (χ0) is 23.7. The molecular weight excluding hydrogens is 487 g/mol. The Morgan fingerprint density at radius 1 is 1.03 bits per heavy atom. The highest BCUT2D eigenvalue weighted by Crippen LogP contribution is 2.40. The molecule has 5 rings (SSSR count). The lowest BCUT2D eigenvalue weighted by molar-refractivity contribution is -0.124. The maximum absolute atomic E-state index is 13.6. The van der Waals surface area contributed by atoms with Gasteiger partial charge in [-0.2, -0.15) is 0 Å². The summed E-state index contributed by atoms with van der Waals surface area (Å²) >= 11 is 13.6. The predicted molar refractivity (Wildman–Crippen MR) is 142 cm³/mol. The van der Waals surface area contributed by atoms with Crippen LogP contribution in [-0.4, -0.2) is 22.0 Å². The van der Waals surface area contributed by atoms with E-state index in [1.807, 2.05) is 59.5 Å². The molecule has 0 unspecified atom stereocenters. The molecule has 0 radical (unpaired) electrons. The van der Waals surface area contributed by atoms with Crippen LogP contribution in [0.5, 0.6) is 0 Å². The van der Waals surface area contributed by atoms with Crippen molar-refractivity contribution in [3.8, 4) is 11.3 Å². The fourth-order valence-corrected chi connectivity index (χ4v) is 5.84. The van der Waals surface area contributed by atoms with Crippen molar-refractivity contribution in [3.05, 3.63) is 81.4 Å². The van der Waals surface area contributed by atoms with Crippen LogP contribution >= 0.6 is 35.0 Å². The molecule has 2 aliphatic rings. The Kier molecular flexibility index (Phi) is 6.87. The summed E-state index contributed by atoms with van der Waals surface area (Å²) in [5.74, 6) is 1.70. The summed E-state index contributed by atoms with van der Waals surface area (Å²) in [5, 5.41) is 1.70. The highest BCUT2D eigenvalue weighted by molar-refractivity contribution is 8.18. The summed E-state index contributed by atoms with van der Waals surface area (Å²) in [6, 6.07) is 19.0. The molecule has 0 N–H and O–H groups in total. The van der Waals surface area contributed by atoms with Crippen molar-refractivity contribution >= 4 is 57.8 Å². The number of hydrogen-bond donors (Lipinski definition) is 0. The van der Waals surface area contributed by atoms with Crippen LogP contribution < -0.4 is 0 Å². The monoisotopic (exact) mass is 510 g/mol. The van der Waals surface area contributed by atoms with Crippen LogP contribution in [-0.2, 0) is 4.79 Å². The van der Waals surface area contributed by atoms with Crippen molar-refractivity contribution in [3.63, 3.8) is 0 Å². The predicted octanol–water partition coefficient (Wildman–Crippen LogP) is 8.44. The molecular formula is C27H24Cl2N2O2S. The van der Waals surface area contributed by atoms with E-state index in [1.54, 1.807) is 12.1 Å². The van der Waals surface area contributed by atoms with Gasteiger partial charge in [0, 0.05) is 17.7 Å². The maximum Gasteiger partial charge on any atom is 0.267 e. The van der Waals surface area contributed by atoms with Crippen LogP contribution in [0.15, 0.2) is 75.0 Å². The summed E-state index contributed by atoms with van der Waals surface area (Å²) < 4.78 is 6.03. The highest BCUT2D eigenvalue weighted by Gasteiger charge is 2.41. The first-order valence-electron chi connectivity index (χ1n) is 11.4. The molecule has 1 saturated carbocycles. The number of amides is 1. The zero-order valence-corrected chi connectivity index (χ0v) is 21.0. The molecule has 0 bridgehead atoms. The van der Waals surface area contributed by atoms with Gasteiger partial charge in [-0.05, 0) is 73.0 Å². The van der Waals surface area contributed by atoms with Gasteiger partial charge in [-0.25, -0.2) is 4.99 Å². The topological polar surface area (TPSA) is 45.8 Å².